The van der Waals surface area contributed by atoms with E-state index in [2.05, 4.69) is 0 Å². The molecule has 1 amide bonds. The van der Waals surface area contributed by atoms with Crippen LogP contribution in [0.1, 0.15) is 33.5 Å². The number of primary amides is 1. The highest BCUT2D eigenvalue weighted by molar-refractivity contribution is 6.24. The number of allylic oxidation sites excluding steroid dienone is 1. The molecular formula is C29H23F5N2O7. The molecule has 0 bridgehead atoms. The molecule has 3 aliphatic rings. The van der Waals surface area contributed by atoms with Crippen LogP contribution >= 0.6 is 0 Å². The van der Waals surface area contributed by atoms with Crippen molar-refractivity contribution in [3.8, 4) is 5.75 Å². The molecule has 4 unspecified atom stereocenters. The Hall–Kier alpha value is -4.56. The first kappa shape index (κ1) is 29.9. The Kier molecular flexibility index (Phi) is 6.97. The van der Waals surface area contributed by atoms with Gasteiger partial charge in [0, 0.05) is 11.5 Å². The molecule has 43 heavy (non-hydrogen) atoms. The van der Waals surface area contributed by atoms with Gasteiger partial charge in [0.15, 0.2) is 34.7 Å². The Balaban J connectivity index is 1.66. The lowest BCUT2D eigenvalue weighted by Crippen LogP contribution is -2.63. The number of aromatic hydroxyl groups is 1. The second-order valence-corrected chi connectivity index (χ2v) is 10.8. The number of benzene rings is 2. The Morgan fingerprint density at radius 1 is 0.977 bits per heavy atom. The Morgan fingerprint density at radius 3 is 2.12 bits per heavy atom. The second-order valence-electron chi connectivity index (χ2n) is 10.8. The lowest BCUT2D eigenvalue weighted by molar-refractivity contribution is -0.148. The number of likely N-dealkylation sites (N-methyl/N-ethyl adjacent to an activating group) is 1. The maximum atomic E-state index is 14.3. The average Bonchev–Trinajstić information content (AvgIpc) is 2.93. The van der Waals surface area contributed by atoms with E-state index >= 15 is 0 Å². The maximum absolute atomic E-state index is 14.3. The predicted molar refractivity (Wildman–Crippen MR) is 139 cm³/mol. The minimum atomic E-state index is -2.84. The van der Waals surface area contributed by atoms with Gasteiger partial charge in [-0.2, -0.15) is 0 Å². The summed E-state index contributed by atoms with van der Waals surface area (Å²) in [5, 5.41) is 44.3. The third kappa shape index (κ3) is 4.07. The molecule has 4 atom stereocenters. The predicted octanol–water partition coefficient (Wildman–Crippen LogP) is 2.99. The number of aliphatic hydroxyl groups is 3. The second kappa shape index (κ2) is 10.0. The van der Waals surface area contributed by atoms with Crippen molar-refractivity contribution in [2.75, 3.05) is 14.1 Å². The quantitative estimate of drug-likeness (QED) is 0.117. The average molecular weight is 606 g/mol. The van der Waals surface area contributed by atoms with E-state index in [1.165, 1.54) is 25.1 Å². The summed E-state index contributed by atoms with van der Waals surface area (Å²) < 4.78 is 69.4. The minimum Gasteiger partial charge on any atom is -0.510 e. The van der Waals surface area contributed by atoms with Gasteiger partial charge in [-0.3, -0.25) is 19.3 Å². The third-order valence-electron chi connectivity index (χ3n) is 8.32. The molecule has 0 fully saturated rings. The van der Waals surface area contributed by atoms with E-state index < -0.39 is 110 Å². The minimum absolute atomic E-state index is 0.0482. The summed E-state index contributed by atoms with van der Waals surface area (Å²) in [5.41, 5.74) is -0.468. The van der Waals surface area contributed by atoms with E-state index in [0.29, 0.717) is 6.08 Å². The van der Waals surface area contributed by atoms with Gasteiger partial charge < -0.3 is 26.2 Å². The van der Waals surface area contributed by atoms with Gasteiger partial charge in [0.2, 0.25) is 11.6 Å². The first-order valence-corrected chi connectivity index (χ1v) is 12.7. The van der Waals surface area contributed by atoms with Gasteiger partial charge in [0.25, 0.3) is 5.91 Å². The molecule has 14 heteroatoms. The highest BCUT2D eigenvalue weighted by Crippen LogP contribution is 2.52. The van der Waals surface area contributed by atoms with Crippen LogP contribution in [-0.2, 0) is 16.0 Å². The first-order chi connectivity index (χ1) is 20.0. The summed E-state index contributed by atoms with van der Waals surface area (Å²) in [6, 6.07) is 1.04. The number of nitrogens with zero attached hydrogens (tertiary/aromatic N) is 1. The summed E-state index contributed by atoms with van der Waals surface area (Å²) in [6.45, 7) is 0. The highest BCUT2D eigenvalue weighted by atomic mass is 19.2. The molecule has 9 nitrogen and oxygen atoms in total. The molecule has 2 aromatic rings. The van der Waals surface area contributed by atoms with E-state index in [1.807, 2.05) is 0 Å². The van der Waals surface area contributed by atoms with E-state index in [1.54, 1.807) is 0 Å². The van der Waals surface area contributed by atoms with Crippen LogP contribution in [0.25, 0.3) is 12.2 Å². The van der Waals surface area contributed by atoms with Crippen molar-refractivity contribution in [1.82, 2.24) is 4.90 Å². The summed E-state index contributed by atoms with van der Waals surface area (Å²) in [6.07, 6.45) is 1.21. The molecule has 0 saturated carbocycles. The van der Waals surface area contributed by atoms with Gasteiger partial charge in [0.1, 0.15) is 22.8 Å². The fourth-order valence-corrected chi connectivity index (χ4v) is 6.37. The summed E-state index contributed by atoms with van der Waals surface area (Å²) in [7, 11) is 2.93. The van der Waals surface area contributed by atoms with Crippen molar-refractivity contribution in [2.45, 2.75) is 24.5 Å². The number of rotatable bonds is 4. The molecule has 0 spiro atoms. The Bertz CT molecular complexity index is 1720. The Labute approximate surface area is 239 Å². The number of halogens is 5. The standard InChI is InChI=1S/C29H23F5N2O7/c1-36(2)23-13-8-10-7-12-9(3-5-11-18(30)20(32)22(34)21(33)19(11)31)4-6-14(37)16(12)24(38)15(10)26(40)29(13,43)27(41)17(25(23)39)28(35)42/h3-6,10,13,23,37,39-40,43H,7-8H2,1-2H3,(H2,35,42)/b5-3+. The van der Waals surface area contributed by atoms with E-state index in [-0.39, 0.29) is 24.0 Å². The largest absolute Gasteiger partial charge is 0.510 e. The molecule has 0 saturated heterocycles. The molecule has 0 radical (unpaired) electrons. The zero-order valence-corrected chi connectivity index (χ0v) is 22.4. The van der Waals surface area contributed by atoms with E-state index in [9.17, 15) is 56.8 Å². The normalized spacial score (nSPS) is 25.4. The van der Waals surface area contributed by atoms with Gasteiger partial charge >= 0.3 is 0 Å². The molecular weight excluding hydrogens is 583 g/mol. The fraction of sp³-hybridized carbons (Fsp3) is 0.276. The lowest BCUT2D eigenvalue weighted by atomic mass is 9.58. The van der Waals surface area contributed by atoms with Crippen LogP contribution in [-0.4, -0.2) is 68.5 Å². The van der Waals surface area contributed by atoms with Gasteiger partial charge in [-0.05, 0) is 56.1 Å². The van der Waals surface area contributed by atoms with E-state index in [4.69, 9.17) is 5.73 Å². The SMILES string of the molecule is CN(C)C1C(O)=C(C(N)=O)C(=O)C2(O)C(O)=C3C(=O)c4c(O)ccc(/C=C/c5c(F)c(F)c(F)c(F)c5F)c4CC3CC12. The summed E-state index contributed by atoms with van der Waals surface area (Å²) in [5.74, 6) is -19.3. The zero-order valence-electron chi connectivity index (χ0n) is 22.4. The number of fused-ring (bicyclic) bond motifs is 3. The number of hydrogen-bond acceptors (Lipinski definition) is 8. The number of carbonyl (C=O) groups excluding carboxylic acids is 3. The monoisotopic (exact) mass is 606 g/mol. The van der Waals surface area contributed by atoms with Gasteiger partial charge in [-0.1, -0.05) is 12.1 Å². The number of hydrogen-bond donors (Lipinski definition) is 5. The Morgan fingerprint density at radius 2 is 1.56 bits per heavy atom. The van der Waals surface area contributed by atoms with Gasteiger partial charge in [-0.15, -0.1) is 0 Å². The van der Waals surface area contributed by atoms with Crippen molar-refractivity contribution in [3.63, 3.8) is 0 Å². The smallest absolute Gasteiger partial charge is 0.255 e. The zero-order chi connectivity index (χ0) is 31.9. The topological polar surface area (TPSA) is 161 Å². The van der Waals surface area contributed by atoms with Crippen LogP contribution in [0.3, 0.4) is 0 Å². The van der Waals surface area contributed by atoms with Crippen molar-refractivity contribution >= 4 is 29.6 Å². The number of amides is 1. The summed E-state index contributed by atoms with van der Waals surface area (Å²) in [4.78, 5) is 40.5. The van der Waals surface area contributed by atoms with Crippen molar-refractivity contribution in [1.29, 1.82) is 0 Å². The number of nitrogens with two attached hydrogens (primary N) is 1. The highest BCUT2D eigenvalue weighted by Gasteiger charge is 2.63. The van der Waals surface area contributed by atoms with Crippen molar-refractivity contribution < 1.29 is 56.8 Å². The van der Waals surface area contributed by atoms with Crippen LogP contribution in [0, 0.1) is 40.9 Å². The molecule has 0 aliphatic heterocycles. The number of Topliss-reactive ketones (excluding diaryl/α,β-unsaturated/α-hetero) is 2. The van der Waals surface area contributed by atoms with Crippen molar-refractivity contribution in [3.05, 3.63) is 86.1 Å². The van der Waals surface area contributed by atoms with Crippen LogP contribution in [0.2, 0.25) is 0 Å². The van der Waals surface area contributed by atoms with Crippen LogP contribution in [0.4, 0.5) is 22.0 Å². The van der Waals surface area contributed by atoms with Crippen LogP contribution < -0.4 is 5.73 Å². The molecule has 0 aromatic heterocycles. The van der Waals surface area contributed by atoms with Gasteiger partial charge in [0.05, 0.1) is 17.2 Å². The maximum Gasteiger partial charge on any atom is 0.255 e. The van der Waals surface area contributed by atoms with Crippen LogP contribution in [0.5, 0.6) is 5.75 Å². The molecule has 0 heterocycles. The first-order valence-electron chi connectivity index (χ1n) is 12.7. The number of aliphatic hydroxyl groups excluding tert-OH is 2. The van der Waals surface area contributed by atoms with Crippen molar-refractivity contribution in [2.24, 2.45) is 17.6 Å². The molecule has 6 N–H and O–H groups in total. The van der Waals surface area contributed by atoms with E-state index in [0.717, 1.165) is 12.1 Å². The fourth-order valence-electron chi connectivity index (χ4n) is 6.37. The molecule has 3 aliphatic carbocycles. The molecule has 5 rings (SSSR count). The van der Waals surface area contributed by atoms with Crippen LogP contribution in [0.15, 0.2) is 34.8 Å². The number of carbonyl (C=O) groups is 3. The third-order valence-corrected chi connectivity index (χ3v) is 8.32. The number of ketones is 2. The summed E-state index contributed by atoms with van der Waals surface area (Å²) >= 11 is 0. The lowest BCUT2D eigenvalue weighted by Gasteiger charge is -2.50. The van der Waals surface area contributed by atoms with Gasteiger partial charge in [-0.25, -0.2) is 22.0 Å². The molecule has 226 valence electrons. The number of phenols is 1. The number of phenolic OH excluding ortho intramolecular Hbond substituents is 1. The molecule has 2 aromatic carbocycles.